The van der Waals surface area contributed by atoms with Crippen molar-refractivity contribution in [3.8, 4) is 28.4 Å². The molecule has 1 aliphatic carbocycles. The molecule has 0 aromatic heterocycles. The van der Waals surface area contributed by atoms with E-state index in [-0.39, 0.29) is 24.4 Å². The highest BCUT2D eigenvalue weighted by Crippen LogP contribution is 2.50. The zero-order chi connectivity index (χ0) is 23.4. The molecule has 0 fully saturated rings. The van der Waals surface area contributed by atoms with E-state index < -0.39 is 0 Å². The smallest absolute Gasteiger partial charge is 0.238 e. The van der Waals surface area contributed by atoms with Crippen LogP contribution in [0, 0.1) is 0 Å². The zero-order valence-electron chi connectivity index (χ0n) is 19.5. The lowest BCUT2D eigenvalue weighted by Gasteiger charge is -2.22. The van der Waals surface area contributed by atoms with Crippen LogP contribution in [-0.2, 0) is 16.0 Å². The van der Waals surface area contributed by atoms with Crippen LogP contribution >= 0.6 is 0 Å². The van der Waals surface area contributed by atoms with Gasteiger partial charge in [0.2, 0.25) is 17.6 Å². The van der Waals surface area contributed by atoms with Crippen LogP contribution in [0.5, 0.6) is 17.2 Å². The maximum Gasteiger partial charge on any atom is 0.238 e. The van der Waals surface area contributed by atoms with E-state index in [2.05, 4.69) is 10.6 Å². The minimum atomic E-state index is -0.220. The van der Waals surface area contributed by atoms with Gasteiger partial charge in [-0.1, -0.05) is 6.07 Å². The van der Waals surface area contributed by atoms with Crippen LogP contribution < -0.4 is 24.8 Å². The summed E-state index contributed by atoms with van der Waals surface area (Å²) >= 11 is 0. The van der Waals surface area contributed by atoms with Gasteiger partial charge in [-0.2, -0.15) is 0 Å². The van der Waals surface area contributed by atoms with Gasteiger partial charge in [-0.05, 0) is 61.8 Å². The fourth-order valence-corrected chi connectivity index (χ4v) is 4.19. The van der Waals surface area contributed by atoms with Crippen molar-refractivity contribution in [3.63, 3.8) is 0 Å². The second-order valence-corrected chi connectivity index (χ2v) is 8.06. The Morgan fingerprint density at radius 3 is 2.38 bits per heavy atom. The number of amides is 2. The fraction of sp³-hybridized carbons (Fsp3) is 0.417. The molecule has 2 amide bonds. The van der Waals surface area contributed by atoms with Crippen molar-refractivity contribution in [2.24, 2.45) is 0 Å². The molecule has 32 heavy (non-hydrogen) atoms. The zero-order valence-corrected chi connectivity index (χ0v) is 19.5. The molecule has 0 heterocycles. The molecular weight excluding hydrogens is 410 g/mol. The molecule has 0 saturated heterocycles. The largest absolute Gasteiger partial charge is 0.493 e. The number of hydrogen-bond acceptors (Lipinski definition) is 6. The number of carbonyl (C=O) groups excluding carboxylic acids is 2. The first kappa shape index (κ1) is 23.4. The predicted molar refractivity (Wildman–Crippen MR) is 124 cm³/mol. The number of nitrogens with zero attached hydrogens (tertiary/aromatic N) is 1. The van der Waals surface area contributed by atoms with E-state index in [1.807, 2.05) is 38.4 Å². The van der Waals surface area contributed by atoms with Crippen LogP contribution in [0.25, 0.3) is 11.1 Å². The normalized spacial score (nSPS) is 14.7. The van der Waals surface area contributed by atoms with Gasteiger partial charge in [0.1, 0.15) is 0 Å². The quantitative estimate of drug-likeness (QED) is 0.687. The van der Waals surface area contributed by atoms with Crippen molar-refractivity contribution in [3.05, 3.63) is 35.4 Å². The Morgan fingerprint density at radius 2 is 1.78 bits per heavy atom. The first-order chi connectivity index (χ1) is 15.3. The van der Waals surface area contributed by atoms with Crippen LogP contribution in [0.15, 0.2) is 24.3 Å². The number of fused-ring (bicyclic) bond motifs is 3. The minimum absolute atomic E-state index is 0.107. The lowest BCUT2D eigenvalue weighted by molar-refractivity contribution is -0.120. The van der Waals surface area contributed by atoms with Crippen LogP contribution in [-0.4, -0.2) is 58.7 Å². The lowest BCUT2D eigenvalue weighted by Crippen LogP contribution is -2.28. The highest BCUT2D eigenvalue weighted by Gasteiger charge is 2.29. The Balaban J connectivity index is 2.18. The third-order valence-corrected chi connectivity index (χ3v) is 5.43. The number of anilines is 1. The third kappa shape index (κ3) is 4.80. The van der Waals surface area contributed by atoms with Crippen molar-refractivity contribution in [1.29, 1.82) is 0 Å². The fourth-order valence-electron chi connectivity index (χ4n) is 4.19. The second kappa shape index (κ2) is 9.91. The summed E-state index contributed by atoms with van der Waals surface area (Å²) in [7, 11) is 8.46. The molecule has 2 aromatic carbocycles. The van der Waals surface area contributed by atoms with Gasteiger partial charge in [0, 0.05) is 18.2 Å². The summed E-state index contributed by atoms with van der Waals surface area (Å²) in [4.78, 5) is 26.1. The molecular formula is C24H31N3O5. The number of aryl methyl sites for hydroxylation is 1. The molecule has 1 atom stereocenters. The van der Waals surface area contributed by atoms with Gasteiger partial charge in [-0.25, -0.2) is 0 Å². The Kier molecular flexibility index (Phi) is 7.25. The first-order valence-corrected chi connectivity index (χ1v) is 10.5. The first-order valence-electron chi connectivity index (χ1n) is 10.5. The Hall–Kier alpha value is -3.26. The molecule has 0 radical (unpaired) electrons. The van der Waals surface area contributed by atoms with Crippen LogP contribution in [0.2, 0.25) is 0 Å². The van der Waals surface area contributed by atoms with Gasteiger partial charge in [0.05, 0.1) is 33.9 Å². The monoisotopic (exact) mass is 441 g/mol. The van der Waals surface area contributed by atoms with Crippen molar-refractivity contribution in [2.75, 3.05) is 47.3 Å². The summed E-state index contributed by atoms with van der Waals surface area (Å²) < 4.78 is 16.9. The molecule has 8 heteroatoms. The maximum atomic E-state index is 12.3. The minimum Gasteiger partial charge on any atom is -0.493 e. The second-order valence-electron chi connectivity index (χ2n) is 8.06. The van der Waals surface area contributed by atoms with Crippen molar-refractivity contribution in [2.45, 2.75) is 25.8 Å². The number of nitrogens with one attached hydrogen (secondary N) is 2. The van der Waals surface area contributed by atoms with Crippen LogP contribution in [0.4, 0.5) is 5.69 Å². The molecule has 8 nitrogen and oxygen atoms in total. The third-order valence-electron chi connectivity index (χ3n) is 5.43. The molecule has 0 aliphatic heterocycles. The molecule has 2 N–H and O–H groups in total. The molecule has 0 spiro atoms. The molecule has 0 bridgehead atoms. The lowest BCUT2D eigenvalue weighted by atomic mass is 9.93. The van der Waals surface area contributed by atoms with E-state index in [1.54, 1.807) is 26.2 Å². The molecule has 2 aromatic rings. The van der Waals surface area contributed by atoms with Crippen molar-refractivity contribution >= 4 is 17.5 Å². The Morgan fingerprint density at radius 1 is 1.06 bits per heavy atom. The number of likely N-dealkylation sites (N-methyl/N-ethyl adjacent to an activating group) is 1. The van der Waals surface area contributed by atoms with Gasteiger partial charge >= 0.3 is 0 Å². The van der Waals surface area contributed by atoms with E-state index in [9.17, 15) is 9.59 Å². The number of carbonyl (C=O) groups is 2. The number of hydrogen-bond donors (Lipinski definition) is 2. The number of rotatable bonds is 7. The summed E-state index contributed by atoms with van der Waals surface area (Å²) in [6.45, 7) is 1.78. The van der Waals surface area contributed by atoms with Crippen molar-refractivity contribution < 1.29 is 23.8 Å². The van der Waals surface area contributed by atoms with Gasteiger partial charge in [0.15, 0.2) is 11.5 Å². The van der Waals surface area contributed by atoms with Gasteiger partial charge in [-0.3, -0.25) is 9.59 Å². The Bertz CT molecular complexity index is 1020. The van der Waals surface area contributed by atoms with Crippen molar-refractivity contribution in [1.82, 2.24) is 10.2 Å². The number of methoxy groups -OCH3 is 3. The molecule has 0 unspecified atom stereocenters. The van der Waals surface area contributed by atoms with E-state index in [1.165, 1.54) is 6.92 Å². The Labute approximate surface area is 188 Å². The van der Waals surface area contributed by atoms with Gasteiger partial charge in [-0.15, -0.1) is 0 Å². The number of benzene rings is 2. The summed E-state index contributed by atoms with van der Waals surface area (Å²) in [5.74, 6) is 1.47. The molecule has 0 saturated carbocycles. The highest BCUT2D eigenvalue weighted by atomic mass is 16.5. The standard InChI is InChI=1S/C24H31N3O5/c1-14(28)25-19-10-7-15-11-20(30-4)23(31-5)24(32-6)22(15)17-9-8-16(12-18(17)19)26-21(29)13-27(2)3/h8-9,11-12,19H,7,10,13H2,1-6H3,(H,25,28)(H,26,29)/t19-/m0/s1. The molecule has 172 valence electrons. The topological polar surface area (TPSA) is 89.1 Å². The highest BCUT2D eigenvalue weighted by molar-refractivity contribution is 5.93. The van der Waals surface area contributed by atoms with Crippen LogP contribution in [0.1, 0.15) is 30.5 Å². The summed E-state index contributed by atoms with van der Waals surface area (Å²) in [6, 6.07) is 7.48. The average molecular weight is 442 g/mol. The average Bonchev–Trinajstić information content (AvgIpc) is 2.88. The van der Waals surface area contributed by atoms with E-state index in [0.717, 1.165) is 22.3 Å². The molecule has 3 rings (SSSR count). The van der Waals surface area contributed by atoms with E-state index >= 15 is 0 Å². The van der Waals surface area contributed by atoms with Gasteiger partial charge < -0.3 is 29.7 Å². The molecule has 1 aliphatic rings. The van der Waals surface area contributed by atoms with Gasteiger partial charge in [0.25, 0.3) is 0 Å². The van der Waals surface area contributed by atoms with E-state index in [4.69, 9.17) is 14.2 Å². The summed E-state index contributed by atoms with van der Waals surface area (Å²) in [5.41, 5.74) is 4.44. The SMILES string of the molecule is COc1cc2c(c(OC)c1OC)-c1ccc(NC(=O)CN(C)C)cc1[C@@H](NC(C)=O)CC2. The van der Waals surface area contributed by atoms with Crippen LogP contribution in [0.3, 0.4) is 0 Å². The summed E-state index contributed by atoms with van der Waals surface area (Å²) in [5, 5.41) is 6.00. The van der Waals surface area contributed by atoms with E-state index in [0.29, 0.717) is 35.8 Å². The summed E-state index contributed by atoms with van der Waals surface area (Å²) in [6.07, 6.45) is 1.39. The predicted octanol–water partition coefficient (Wildman–Crippen LogP) is 3.00. The maximum absolute atomic E-state index is 12.3. The number of ether oxygens (including phenoxy) is 3.